The lowest BCUT2D eigenvalue weighted by molar-refractivity contribution is 0.215. The van der Waals surface area contributed by atoms with E-state index in [0.29, 0.717) is 39.5 Å². The lowest BCUT2D eigenvalue weighted by atomic mass is 10.1. The molecule has 2 atom stereocenters. The molecule has 0 saturated carbocycles. The summed E-state index contributed by atoms with van der Waals surface area (Å²) >= 11 is 0. The van der Waals surface area contributed by atoms with Gasteiger partial charge >= 0.3 is 0 Å². The van der Waals surface area contributed by atoms with E-state index in [9.17, 15) is 13.9 Å². The molecule has 2 aromatic heterocycles. The molecule has 2 N–H and O–H groups in total. The van der Waals surface area contributed by atoms with Crippen LogP contribution >= 0.6 is 0 Å². The zero-order valence-corrected chi connectivity index (χ0v) is 18.5. The molecule has 1 aliphatic rings. The second-order valence-corrected chi connectivity index (χ2v) is 8.13. The van der Waals surface area contributed by atoms with Crippen LogP contribution in [0.5, 0.6) is 5.88 Å². The molecule has 0 fully saturated rings. The quantitative estimate of drug-likeness (QED) is 0.567. The summed E-state index contributed by atoms with van der Waals surface area (Å²) in [5.41, 5.74) is 8.15. The summed E-state index contributed by atoms with van der Waals surface area (Å²) in [5.74, 6) is -0.104. The SMILES string of the molecule is CC.CC1Oc2nc(cnc2N)-c2c(nn(C)c2C#N)CCS(=O)c2ccc(F)cc21. The Balaban J connectivity index is 0.00000132. The summed E-state index contributed by atoms with van der Waals surface area (Å²) in [6, 6.07) is 6.19. The van der Waals surface area contributed by atoms with Gasteiger partial charge in [-0.3, -0.25) is 8.89 Å². The Bertz CT molecular complexity index is 1190. The number of nitrogen functional groups attached to an aromatic ring is 1. The van der Waals surface area contributed by atoms with Crippen LogP contribution in [0.4, 0.5) is 10.2 Å². The fourth-order valence-electron chi connectivity index (χ4n) is 3.32. The van der Waals surface area contributed by atoms with Crippen molar-refractivity contribution >= 4 is 16.6 Å². The first-order chi connectivity index (χ1) is 14.9. The van der Waals surface area contributed by atoms with E-state index in [0.717, 1.165) is 0 Å². The van der Waals surface area contributed by atoms with Crippen molar-refractivity contribution in [3.8, 4) is 23.2 Å². The van der Waals surface area contributed by atoms with Gasteiger partial charge in [-0.15, -0.1) is 0 Å². The van der Waals surface area contributed by atoms with Crippen molar-refractivity contribution in [2.45, 2.75) is 38.2 Å². The predicted molar refractivity (Wildman–Crippen MR) is 115 cm³/mol. The van der Waals surface area contributed by atoms with E-state index in [1.54, 1.807) is 14.0 Å². The van der Waals surface area contributed by atoms with Crippen LogP contribution in [0.25, 0.3) is 11.3 Å². The number of hydrogen-bond donors (Lipinski definition) is 1. The lowest BCUT2D eigenvalue weighted by Gasteiger charge is -2.19. The Kier molecular flexibility index (Phi) is 6.65. The summed E-state index contributed by atoms with van der Waals surface area (Å²) in [6.07, 6.45) is 1.12. The van der Waals surface area contributed by atoms with Crippen molar-refractivity contribution in [1.82, 2.24) is 19.7 Å². The van der Waals surface area contributed by atoms with Crippen molar-refractivity contribution in [2.75, 3.05) is 11.5 Å². The van der Waals surface area contributed by atoms with Crippen molar-refractivity contribution in [1.29, 1.82) is 5.26 Å². The summed E-state index contributed by atoms with van der Waals surface area (Å²) in [5, 5.41) is 14.0. The zero-order chi connectivity index (χ0) is 22.7. The molecule has 0 radical (unpaired) electrons. The van der Waals surface area contributed by atoms with Gasteiger partial charge in [-0.1, -0.05) is 13.8 Å². The molecule has 4 rings (SSSR count). The van der Waals surface area contributed by atoms with Crippen molar-refractivity contribution in [3.05, 3.63) is 47.2 Å². The number of halogens is 1. The molecule has 0 aliphatic carbocycles. The van der Waals surface area contributed by atoms with E-state index in [1.807, 2.05) is 13.8 Å². The Hall–Kier alpha value is -3.32. The first kappa shape index (κ1) is 22.4. The number of fused-ring (bicyclic) bond motifs is 5. The second-order valence-electron chi connectivity index (χ2n) is 6.59. The summed E-state index contributed by atoms with van der Waals surface area (Å²) in [7, 11) is 0.229. The van der Waals surface area contributed by atoms with Gasteiger partial charge in [-0.05, 0) is 25.1 Å². The molecule has 8 nitrogen and oxygen atoms in total. The molecule has 31 heavy (non-hydrogen) atoms. The minimum atomic E-state index is -1.43. The van der Waals surface area contributed by atoms with Crippen LogP contribution in [-0.4, -0.2) is 29.7 Å². The van der Waals surface area contributed by atoms with Crippen LogP contribution < -0.4 is 10.5 Å². The van der Waals surface area contributed by atoms with Crippen LogP contribution in [0, 0.1) is 17.1 Å². The number of aromatic nitrogens is 4. The fourth-order valence-corrected chi connectivity index (χ4v) is 4.62. The van der Waals surface area contributed by atoms with Crippen LogP contribution in [0.15, 0.2) is 29.3 Å². The molecule has 3 aromatic rings. The van der Waals surface area contributed by atoms with Crippen LogP contribution in [0.3, 0.4) is 0 Å². The first-order valence-corrected chi connectivity index (χ1v) is 11.1. The number of nitriles is 1. The van der Waals surface area contributed by atoms with Crippen LogP contribution in [-0.2, 0) is 24.3 Å². The molecular weight excluding hydrogens is 419 g/mol. The molecule has 1 aliphatic heterocycles. The van der Waals surface area contributed by atoms with Gasteiger partial charge in [0.05, 0.1) is 33.9 Å². The Morgan fingerprint density at radius 2 is 2.13 bits per heavy atom. The summed E-state index contributed by atoms with van der Waals surface area (Å²) < 4.78 is 34.2. The molecule has 1 aromatic carbocycles. The molecule has 162 valence electrons. The number of anilines is 1. The van der Waals surface area contributed by atoms with Crippen molar-refractivity contribution in [2.24, 2.45) is 7.05 Å². The van der Waals surface area contributed by atoms with Gasteiger partial charge in [0.2, 0.25) is 0 Å². The number of ether oxygens (including phenoxy) is 1. The van der Waals surface area contributed by atoms with Gasteiger partial charge in [0.15, 0.2) is 5.82 Å². The molecular formula is C21H23FN6O2S. The van der Waals surface area contributed by atoms with Crippen molar-refractivity contribution < 1.29 is 13.3 Å². The molecule has 2 bridgehead atoms. The number of benzene rings is 1. The average molecular weight is 443 g/mol. The van der Waals surface area contributed by atoms with E-state index in [-0.39, 0.29) is 17.5 Å². The first-order valence-electron chi connectivity index (χ1n) is 9.82. The molecule has 0 saturated heterocycles. The van der Waals surface area contributed by atoms with Gasteiger partial charge in [0.1, 0.15) is 23.7 Å². The number of aryl methyl sites for hydroxylation is 2. The third kappa shape index (κ3) is 4.27. The standard InChI is InChI=1S/C19H17FN6O2S.C2H6/c1-10-12-7-11(20)3-4-16(12)29(27)6-5-13-17(15(8-21)26(2)25-13)14-9-23-18(22)19(24-14)28-10;1-2/h3-4,7,9-10H,5-6H2,1-2H3,(H2,22,23);1-2H3. The third-order valence-corrected chi connectivity index (χ3v) is 6.15. The van der Waals surface area contributed by atoms with E-state index in [4.69, 9.17) is 10.5 Å². The lowest BCUT2D eigenvalue weighted by Crippen LogP contribution is -2.14. The normalized spacial score (nSPS) is 17.4. The number of rotatable bonds is 0. The zero-order valence-electron chi connectivity index (χ0n) is 17.7. The topological polar surface area (TPSA) is 120 Å². The summed E-state index contributed by atoms with van der Waals surface area (Å²) in [4.78, 5) is 9.07. The Morgan fingerprint density at radius 3 is 2.84 bits per heavy atom. The van der Waals surface area contributed by atoms with E-state index in [2.05, 4.69) is 21.1 Å². The van der Waals surface area contributed by atoms with Gasteiger partial charge in [-0.25, -0.2) is 14.4 Å². The second kappa shape index (κ2) is 9.22. The Morgan fingerprint density at radius 1 is 1.39 bits per heavy atom. The summed E-state index contributed by atoms with van der Waals surface area (Å²) in [6.45, 7) is 5.70. The van der Waals surface area contributed by atoms with E-state index >= 15 is 0 Å². The maximum atomic E-state index is 13.9. The maximum Gasteiger partial charge on any atom is 0.258 e. The highest BCUT2D eigenvalue weighted by molar-refractivity contribution is 7.85. The number of nitrogens with zero attached hydrogens (tertiary/aromatic N) is 5. The van der Waals surface area contributed by atoms with Gasteiger partial charge < -0.3 is 10.5 Å². The van der Waals surface area contributed by atoms with Gasteiger partial charge in [0, 0.05) is 29.7 Å². The monoisotopic (exact) mass is 442 g/mol. The van der Waals surface area contributed by atoms with E-state index < -0.39 is 22.7 Å². The molecule has 0 amide bonds. The highest BCUT2D eigenvalue weighted by atomic mass is 32.2. The average Bonchev–Trinajstić information content (AvgIpc) is 3.09. The number of nitrogens with two attached hydrogens (primary N) is 1. The largest absolute Gasteiger partial charge is 0.467 e. The third-order valence-electron chi connectivity index (χ3n) is 4.72. The minimum absolute atomic E-state index is 0.0512. The molecule has 3 heterocycles. The minimum Gasteiger partial charge on any atom is -0.467 e. The molecule has 2 unspecified atom stereocenters. The smallest absolute Gasteiger partial charge is 0.258 e. The van der Waals surface area contributed by atoms with Gasteiger partial charge in [-0.2, -0.15) is 10.4 Å². The maximum absolute atomic E-state index is 13.9. The van der Waals surface area contributed by atoms with Crippen molar-refractivity contribution in [3.63, 3.8) is 0 Å². The van der Waals surface area contributed by atoms with Crippen LogP contribution in [0.2, 0.25) is 0 Å². The highest BCUT2D eigenvalue weighted by Crippen LogP contribution is 2.33. The van der Waals surface area contributed by atoms with Gasteiger partial charge in [0.25, 0.3) is 5.88 Å². The number of hydrogen-bond acceptors (Lipinski definition) is 7. The highest BCUT2D eigenvalue weighted by Gasteiger charge is 2.25. The van der Waals surface area contributed by atoms with E-state index in [1.165, 1.54) is 29.1 Å². The fraction of sp³-hybridized carbons (Fsp3) is 0.333. The Labute approximate surface area is 182 Å². The molecule has 10 heteroatoms. The predicted octanol–water partition coefficient (Wildman–Crippen LogP) is 3.30. The van der Waals surface area contributed by atoms with Crippen LogP contribution in [0.1, 0.15) is 43.8 Å². The molecule has 0 spiro atoms.